The normalized spacial score (nSPS) is 12.9. The highest BCUT2D eigenvalue weighted by Gasteiger charge is 2.13. The van der Waals surface area contributed by atoms with Gasteiger partial charge in [-0.1, -0.05) is 12.1 Å². The molecule has 1 heterocycles. The lowest BCUT2D eigenvalue weighted by Gasteiger charge is -2.14. The van der Waals surface area contributed by atoms with Crippen LogP contribution in [0.1, 0.15) is 29.3 Å². The zero-order valence-electron chi connectivity index (χ0n) is 18.1. The number of fused-ring (bicyclic) bond motifs is 1. The van der Waals surface area contributed by atoms with E-state index >= 15 is 0 Å². The number of rotatable bonds is 8. The van der Waals surface area contributed by atoms with Crippen molar-refractivity contribution in [2.24, 2.45) is 0 Å². The number of allylic oxidation sites excluding steroid dienone is 1. The van der Waals surface area contributed by atoms with E-state index in [4.69, 9.17) is 18.9 Å². The van der Waals surface area contributed by atoms with Gasteiger partial charge in [-0.05, 0) is 48.9 Å². The summed E-state index contributed by atoms with van der Waals surface area (Å²) in [5.74, 6) is 1.94. The molecule has 3 rings (SSSR count). The van der Waals surface area contributed by atoms with Crippen molar-refractivity contribution in [2.75, 3.05) is 40.5 Å². The molecule has 1 aliphatic rings. The second-order valence-electron chi connectivity index (χ2n) is 7.13. The minimum atomic E-state index is -0.148. The van der Waals surface area contributed by atoms with Gasteiger partial charge >= 0.3 is 0 Å². The van der Waals surface area contributed by atoms with Crippen LogP contribution in [0.25, 0.3) is 6.08 Å². The molecule has 0 saturated carbocycles. The van der Waals surface area contributed by atoms with Crippen LogP contribution in [0.15, 0.2) is 42.5 Å². The Hall–Kier alpha value is -3.48. The third-order valence-electron chi connectivity index (χ3n) is 4.58. The van der Waals surface area contributed by atoms with Gasteiger partial charge in [-0.3, -0.25) is 9.59 Å². The van der Waals surface area contributed by atoms with Gasteiger partial charge in [0.25, 0.3) is 5.91 Å². The molecule has 1 amide bonds. The van der Waals surface area contributed by atoms with Gasteiger partial charge < -0.3 is 23.8 Å². The molecule has 0 radical (unpaired) electrons. The fourth-order valence-corrected chi connectivity index (χ4v) is 2.87. The lowest BCUT2D eigenvalue weighted by molar-refractivity contribution is -0.130. The van der Waals surface area contributed by atoms with E-state index < -0.39 is 0 Å². The van der Waals surface area contributed by atoms with Crippen LogP contribution >= 0.6 is 0 Å². The van der Waals surface area contributed by atoms with Crippen molar-refractivity contribution in [2.45, 2.75) is 13.3 Å². The van der Waals surface area contributed by atoms with E-state index in [-0.39, 0.29) is 18.3 Å². The fraction of sp³-hybridized carbons (Fsp3) is 0.333. The molecule has 0 bridgehead atoms. The molecular weight excluding hydrogens is 398 g/mol. The number of amides is 1. The second kappa shape index (κ2) is 10.5. The van der Waals surface area contributed by atoms with Crippen LogP contribution in [0.4, 0.5) is 0 Å². The van der Waals surface area contributed by atoms with Crippen molar-refractivity contribution < 1.29 is 28.5 Å². The first-order chi connectivity index (χ1) is 15.0. The largest absolute Gasteiger partial charge is 0.490 e. The Bertz CT molecular complexity index is 967. The van der Waals surface area contributed by atoms with Crippen molar-refractivity contribution in [3.05, 3.63) is 53.6 Å². The Labute approximate surface area is 182 Å². The molecule has 0 atom stereocenters. The maximum atomic E-state index is 12.6. The zero-order chi connectivity index (χ0) is 22.2. The van der Waals surface area contributed by atoms with Crippen LogP contribution < -0.4 is 18.9 Å². The van der Waals surface area contributed by atoms with Crippen molar-refractivity contribution in [1.29, 1.82) is 0 Å². The summed E-state index contributed by atoms with van der Waals surface area (Å²) in [7, 11) is 3.34. The first-order valence-electron chi connectivity index (χ1n) is 10.2. The number of ketones is 1. The van der Waals surface area contributed by atoms with Gasteiger partial charge in [-0.2, -0.15) is 0 Å². The molecule has 7 heteroatoms. The maximum Gasteiger partial charge on any atom is 0.259 e. The summed E-state index contributed by atoms with van der Waals surface area (Å²) in [6.07, 6.45) is 4.02. The molecule has 1 aliphatic heterocycles. The Morgan fingerprint density at radius 1 is 1.00 bits per heavy atom. The topological polar surface area (TPSA) is 74.3 Å². The minimum absolute atomic E-state index is 0.0785. The van der Waals surface area contributed by atoms with Gasteiger partial charge in [0.1, 0.15) is 0 Å². The van der Waals surface area contributed by atoms with E-state index in [1.165, 1.54) is 11.0 Å². The maximum absolute atomic E-state index is 12.6. The van der Waals surface area contributed by atoms with Crippen molar-refractivity contribution in [1.82, 2.24) is 4.90 Å². The minimum Gasteiger partial charge on any atom is -0.490 e. The highest BCUT2D eigenvalue weighted by molar-refractivity contribution is 6.07. The van der Waals surface area contributed by atoms with E-state index in [0.717, 1.165) is 12.0 Å². The molecule has 2 aromatic carbocycles. The Balaban J connectivity index is 1.72. The highest BCUT2D eigenvalue weighted by Crippen LogP contribution is 2.31. The van der Waals surface area contributed by atoms with Gasteiger partial charge in [0.05, 0.1) is 19.8 Å². The highest BCUT2D eigenvalue weighted by atomic mass is 16.5. The smallest absolute Gasteiger partial charge is 0.259 e. The number of hydrogen-bond donors (Lipinski definition) is 0. The van der Waals surface area contributed by atoms with Gasteiger partial charge in [0.2, 0.25) is 0 Å². The van der Waals surface area contributed by atoms with Gasteiger partial charge in [0, 0.05) is 26.1 Å². The van der Waals surface area contributed by atoms with Crippen molar-refractivity contribution in [3.8, 4) is 23.0 Å². The van der Waals surface area contributed by atoms with Crippen LogP contribution in [0, 0.1) is 0 Å². The summed E-state index contributed by atoms with van der Waals surface area (Å²) >= 11 is 0. The summed E-state index contributed by atoms with van der Waals surface area (Å²) in [6.45, 7) is 3.40. The molecular formula is C24H27NO6. The molecule has 0 aromatic heterocycles. The van der Waals surface area contributed by atoms with E-state index in [1.54, 1.807) is 56.6 Å². The van der Waals surface area contributed by atoms with E-state index in [0.29, 0.717) is 48.4 Å². The van der Waals surface area contributed by atoms with Crippen molar-refractivity contribution >= 4 is 17.8 Å². The Morgan fingerprint density at radius 2 is 1.77 bits per heavy atom. The number of carbonyl (C=O) groups excluding carboxylic acids is 2. The van der Waals surface area contributed by atoms with Gasteiger partial charge in [-0.15, -0.1) is 0 Å². The summed E-state index contributed by atoms with van der Waals surface area (Å²) in [6, 6.07) is 10.5. The summed E-state index contributed by atoms with van der Waals surface area (Å²) in [5.41, 5.74) is 1.30. The average Bonchev–Trinajstić information content (AvgIpc) is 3.01. The number of nitrogens with zero attached hydrogens (tertiary/aromatic N) is 1. The summed E-state index contributed by atoms with van der Waals surface area (Å²) in [4.78, 5) is 25.9. The average molecular weight is 425 g/mol. The number of ether oxygens (including phenoxy) is 4. The molecule has 164 valence electrons. The Kier molecular flexibility index (Phi) is 7.54. The molecule has 0 unspecified atom stereocenters. The van der Waals surface area contributed by atoms with Crippen LogP contribution in [-0.4, -0.2) is 57.1 Å². The quantitative estimate of drug-likeness (QED) is 0.475. The van der Waals surface area contributed by atoms with Crippen LogP contribution in [0.3, 0.4) is 0 Å². The van der Waals surface area contributed by atoms with Gasteiger partial charge in [-0.25, -0.2) is 0 Å². The van der Waals surface area contributed by atoms with Crippen LogP contribution in [-0.2, 0) is 4.79 Å². The predicted octanol–water partition coefficient (Wildman–Crippen LogP) is 3.61. The molecule has 2 aromatic rings. The van der Waals surface area contributed by atoms with E-state index in [9.17, 15) is 9.59 Å². The molecule has 0 spiro atoms. The van der Waals surface area contributed by atoms with E-state index in [1.807, 2.05) is 6.92 Å². The second-order valence-corrected chi connectivity index (χ2v) is 7.13. The lowest BCUT2D eigenvalue weighted by atomic mass is 10.1. The predicted molar refractivity (Wildman–Crippen MR) is 117 cm³/mol. The first kappa shape index (κ1) is 22.2. The van der Waals surface area contributed by atoms with Crippen LogP contribution in [0.5, 0.6) is 23.0 Å². The standard InChI is InChI=1S/C24H27NO6/c1-4-28-22-14-17(7-10-21(22)31-16-24(27)25(2)3)6-9-19(26)18-8-11-20-23(15-18)30-13-5-12-29-20/h6-11,14-15H,4-5,12-13,16H2,1-3H3/b9-6+. The van der Waals surface area contributed by atoms with Gasteiger partial charge in [0.15, 0.2) is 35.4 Å². The molecule has 31 heavy (non-hydrogen) atoms. The first-order valence-corrected chi connectivity index (χ1v) is 10.2. The monoisotopic (exact) mass is 425 g/mol. The van der Waals surface area contributed by atoms with Crippen LogP contribution in [0.2, 0.25) is 0 Å². The SMILES string of the molecule is CCOc1cc(/C=C/C(=O)c2ccc3c(c2)OCCCO3)ccc1OCC(=O)N(C)C. The molecule has 0 fully saturated rings. The van der Waals surface area contributed by atoms with Crippen molar-refractivity contribution in [3.63, 3.8) is 0 Å². The third-order valence-corrected chi connectivity index (χ3v) is 4.58. The Morgan fingerprint density at radius 3 is 2.52 bits per heavy atom. The van der Waals surface area contributed by atoms with E-state index in [2.05, 4.69) is 0 Å². The number of benzene rings is 2. The number of likely N-dealkylation sites (N-methyl/N-ethyl adjacent to an activating group) is 1. The summed E-state index contributed by atoms with van der Waals surface area (Å²) < 4.78 is 22.5. The molecule has 7 nitrogen and oxygen atoms in total. The molecule has 0 saturated heterocycles. The number of carbonyl (C=O) groups is 2. The number of hydrogen-bond acceptors (Lipinski definition) is 6. The molecule has 0 aliphatic carbocycles. The zero-order valence-corrected chi connectivity index (χ0v) is 18.1. The third kappa shape index (κ3) is 6.01. The lowest BCUT2D eigenvalue weighted by Crippen LogP contribution is -2.27. The molecule has 0 N–H and O–H groups in total. The fourth-order valence-electron chi connectivity index (χ4n) is 2.87. The summed E-state index contributed by atoms with van der Waals surface area (Å²) in [5, 5.41) is 0.